The third-order valence-electron chi connectivity index (χ3n) is 6.91. The Balaban J connectivity index is 1.54. The van der Waals surface area contributed by atoms with Gasteiger partial charge >= 0.3 is 0 Å². The Bertz CT molecular complexity index is 1060. The first-order valence-electron chi connectivity index (χ1n) is 12.4. The summed E-state index contributed by atoms with van der Waals surface area (Å²) in [7, 11) is 0. The van der Waals surface area contributed by atoms with E-state index in [0.717, 1.165) is 55.9 Å². The van der Waals surface area contributed by atoms with Crippen molar-refractivity contribution >= 4 is 22.9 Å². The molecule has 3 heterocycles. The van der Waals surface area contributed by atoms with Crippen molar-refractivity contribution in [3.05, 3.63) is 52.9 Å². The first kappa shape index (κ1) is 24.3. The van der Waals surface area contributed by atoms with Gasteiger partial charge in [-0.25, -0.2) is 4.98 Å². The molecule has 0 saturated carbocycles. The number of rotatable bonds is 8. The molecule has 34 heavy (non-hydrogen) atoms. The number of carbonyl (C=O) groups excluding carboxylic acids is 1. The molecule has 1 unspecified atom stereocenters. The van der Waals surface area contributed by atoms with Crippen molar-refractivity contribution in [1.82, 2.24) is 9.88 Å². The molecule has 1 fully saturated rings. The number of aliphatic imine (C=N–C) groups is 1. The van der Waals surface area contributed by atoms with E-state index < -0.39 is 5.60 Å². The first-order valence-corrected chi connectivity index (χ1v) is 12.4. The Labute approximate surface area is 202 Å². The van der Waals surface area contributed by atoms with Gasteiger partial charge in [-0.05, 0) is 82.7 Å². The lowest BCUT2D eigenvalue weighted by Gasteiger charge is -2.28. The second-order valence-corrected chi connectivity index (χ2v) is 10.00. The normalized spacial score (nSPS) is 21.0. The van der Waals surface area contributed by atoms with Crippen LogP contribution in [0.25, 0.3) is 10.4 Å². The summed E-state index contributed by atoms with van der Waals surface area (Å²) >= 11 is 0. The van der Waals surface area contributed by atoms with Gasteiger partial charge in [0.25, 0.3) is 11.7 Å². The van der Waals surface area contributed by atoms with E-state index >= 15 is 0 Å². The average Bonchev–Trinajstić information content (AvgIpc) is 3.52. The molecule has 0 bridgehead atoms. The number of carbonyl (C=O) groups is 1. The lowest BCUT2D eigenvalue weighted by atomic mass is 9.88. The highest BCUT2D eigenvalue weighted by molar-refractivity contribution is 6.44. The van der Waals surface area contributed by atoms with Crippen LogP contribution in [0.5, 0.6) is 0 Å². The molecule has 0 spiro atoms. The molecule has 1 aromatic heterocycles. The van der Waals surface area contributed by atoms with Gasteiger partial charge in [-0.1, -0.05) is 25.6 Å². The molecule has 7 nitrogen and oxygen atoms in total. The van der Waals surface area contributed by atoms with E-state index in [4.69, 9.17) is 16.3 Å². The van der Waals surface area contributed by atoms with Crippen molar-refractivity contribution in [2.24, 2.45) is 10.9 Å². The fourth-order valence-corrected chi connectivity index (χ4v) is 4.66. The van der Waals surface area contributed by atoms with Crippen LogP contribution < -0.4 is 5.32 Å². The lowest BCUT2D eigenvalue weighted by molar-refractivity contribution is -0.110. The molecule has 4 rings (SSSR count). The van der Waals surface area contributed by atoms with Crippen molar-refractivity contribution < 1.29 is 9.53 Å². The zero-order chi connectivity index (χ0) is 24.1. The third kappa shape index (κ3) is 5.81. The smallest absolute Gasteiger partial charge is 0.294 e. The second kappa shape index (κ2) is 10.6. The van der Waals surface area contributed by atoms with Crippen LogP contribution in [0.2, 0.25) is 0 Å². The Morgan fingerprint density at radius 2 is 2.09 bits per heavy atom. The number of pyridine rings is 1. The quantitative estimate of drug-likeness (QED) is 0.542. The van der Waals surface area contributed by atoms with E-state index in [2.05, 4.69) is 46.9 Å². The van der Waals surface area contributed by atoms with Gasteiger partial charge in [0, 0.05) is 13.0 Å². The molecular formula is C27H35N5O2. The number of ether oxygens (including phenoxy) is 1. The van der Waals surface area contributed by atoms with E-state index in [1.807, 2.05) is 12.1 Å². The van der Waals surface area contributed by atoms with Gasteiger partial charge < -0.3 is 19.8 Å². The molecule has 1 saturated heterocycles. The van der Waals surface area contributed by atoms with Gasteiger partial charge in [-0.15, -0.1) is 4.99 Å². The van der Waals surface area contributed by atoms with Gasteiger partial charge in [0.2, 0.25) is 0 Å². The van der Waals surface area contributed by atoms with Crippen LogP contribution >= 0.6 is 0 Å². The largest absolute Gasteiger partial charge is 0.368 e. The van der Waals surface area contributed by atoms with Crippen LogP contribution in [-0.2, 0) is 15.1 Å². The van der Waals surface area contributed by atoms with Crippen molar-refractivity contribution in [2.45, 2.75) is 64.9 Å². The molecule has 7 heteroatoms. The summed E-state index contributed by atoms with van der Waals surface area (Å²) in [6.45, 7) is 17.4. The fourth-order valence-electron chi connectivity index (χ4n) is 4.66. The Kier molecular flexibility index (Phi) is 7.60. The molecule has 1 atom stereocenters. The molecule has 1 aliphatic carbocycles. The van der Waals surface area contributed by atoms with Gasteiger partial charge in [0.05, 0.1) is 23.7 Å². The summed E-state index contributed by atoms with van der Waals surface area (Å²) in [4.78, 5) is 27.8. The zero-order valence-electron chi connectivity index (χ0n) is 20.6. The SMILES string of the molecule is [C-]#[N+]C1=CCC(C(=O)Nc2ccc(C(C)(C)OCCN3CCCC3)nc2C2=CCC(C)CC2)=N1. The predicted octanol–water partition coefficient (Wildman–Crippen LogP) is 5.18. The number of anilines is 1. The summed E-state index contributed by atoms with van der Waals surface area (Å²) in [5.74, 6) is 0.647. The van der Waals surface area contributed by atoms with Crippen LogP contribution in [0.1, 0.15) is 70.7 Å². The van der Waals surface area contributed by atoms with Crippen LogP contribution in [-0.4, -0.2) is 47.7 Å². The summed E-state index contributed by atoms with van der Waals surface area (Å²) in [5.41, 5.74) is 3.34. The number of nitrogens with one attached hydrogen (secondary N) is 1. The predicted molar refractivity (Wildman–Crippen MR) is 135 cm³/mol. The topological polar surface area (TPSA) is 71.2 Å². The van der Waals surface area contributed by atoms with Crippen LogP contribution in [0.3, 0.4) is 0 Å². The highest BCUT2D eigenvalue weighted by atomic mass is 16.5. The molecule has 2 aliphatic heterocycles. The summed E-state index contributed by atoms with van der Waals surface area (Å²) in [6.07, 6.45) is 9.90. The second-order valence-electron chi connectivity index (χ2n) is 10.00. The number of hydrogen-bond donors (Lipinski definition) is 1. The summed E-state index contributed by atoms with van der Waals surface area (Å²) in [6, 6.07) is 3.87. The van der Waals surface area contributed by atoms with Crippen LogP contribution in [0.15, 0.2) is 35.1 Å². The van der Waals surface area contributed by atoms with E-state index in [1.54, 1.807) is 6.08 Å². The number of aromatic nitrogens is 1. The minimum atomic E-state index is -0.538. The Hall–Kier alpha value is -2.82. The summed E-state index contributed by atoms with van der Waals surface area (Å²) < 4.78 is 6.30. The number of hydrogen-bond acceptors (Lipinski definition) is 5. The number of allylic oxidation sites excluding steroid dienone is 3. The molecular weight excluding hydrogens is 426 g/mol. The van der Waals surface area contributed by atoms with E-state index in [0.29, 0.717) is 30.3 Å². The highest BCUT2D eigenvalue weighted by Gasteiger charge is 2.28. The van der Waals surface area contributed by atoms with E-state index in [1.165, 1.54) is 12.8 Å². The fraction of sp³-hybridized carbons (Fsp3) is 0.556. The third-order valence-corrected chi connectivity index (χ3v) is 6.91. The summed E-state index contributed by atoms with van der Waals surface area (Å²) in [5, 5.41) is 3.01. The van der Waals surface area contributed by atoms with Gasteiger partial charge in [0.15, 0.2) is 5.71 Å². The lowest BCUT2D eigenvalue weighted by Crippen LogP contribution is -2.30. The van der Waals surface area contributed by atoms with E-state index in [-0.39, 0.29) is 11.7 Å². The molecule has 1 amide bonds. The standard InChI is InChI=1S/C27H35N5O2/c1-19-7-9-20(10-8-19)25-21(30-26(33)22-12-14-24(28-4)29-22)11-13-23(31-25)27(2,3)34-18-17-32-15-5-6-16-32/h9,11,13-14,19H,5-8,10,12,15-18H2,1-3H3,(H,30,33). The molecule has 180 valence electrons. The minimum Gasteiger partial charge on any atom is -0.368 e. The molecule has 1 aromatic rings. The monoisotopic (exact) mass is 461 g/mol. The first-order chi connectivity index (χ1) is 16.4. The van der Waals surface area contributed by atoms with Gasteiger partial charge in [-0.3, -0.25) is 4.79 Å². The number of likely N-dealkylation sites (tertiary alicyclic amines) is 1. The number of amides is 1. The van der Waals surface area contributed by atoms with Gasteiger partial charge in [-0.2, -0.15) is 0 Å². The van der Waals surface area contributed by atoms with Crippen molar-refractivity contribution in [1.29, 1.82) is 0 Å². The van der Waals surface area contributed by atoms with Crippen LogP contribution in [0, 0.1) is 12.5 Å². The van der Waals surface area contributed by atoms with E-state index in [9.17, 15) is 4.79 Å². The van der Waals surface area contributed by atoms with Gasteiger partial charge in [0.1, 0.15) is 5.60 Å². The maximum Gasteiger partial charge on any atom is 0.294 e. The molecule has 1 N–H and O–H groups in total. The Morgan fingerprint density at radius 3 is 2.76 bits per heavy atom. The Morgan fingerprint density at radius 1 is 1.29 bits per heavy atom. The number of nitrogens with zero attached hydrogens (tertiary/aromatic N) is 4. The molecule has 3 aliphatic rings. The van der Waals surface area contributed by atoms with Crippen molar-refractivity contribution in [3.63, 3.8) is 0 Å². The van der Waals surface area contributed by atoms with Crippen molar-refractivity contribution in [2.75, 3.05) is 31.6 Å². The zero-order valence-corrected chi connectivity index (χ0v) is 20.6. The minimum absolute atomic E-state index is 0.274. The average molecular weight is 462 g/mol. The van der Waals surface area contributed by atoms with Crippen LogP contribution in [0.4, 0.5) is 5.69 Å². The molecule has 0 aromatic carbocycles. The van der Waals surface area contributed by atoms with Crippen molar-refractivity contribution in [3.8, 4) is 0 Å². The highest BCUT2D eigenvalue weighted by Crippen LogP contribution is 2.35. The maximum atomic E-state index is 12.9. The maximum absolute atomic E-state index is 12.9. The molecule has 0 radical (unpaired) electrons.